The summed E-state index contributed by atoms with van der Waals surface area (Å²) in [6.45, 7) is 2.59. The zero-order valence-corrected chi connectivity index (χ0v) is 7.45. The fraction of sp³-hybridized carbons (Fsp3) is 0.333. The van der Waals surface area contributed by atoms with Gasteiger partial charge in [0, 0.05) is 12.0 Å². The SMILES string of the molecule is Cc1c(B(O)O)ccc2c1CCO2. The minimum Gasteiger partial charge on any atom is -0.493 e. The molecule has 0 bridgehead atoms. The summed E-state index contributed by atoms with van der Waals surface area (Å²) in [7, 11) is -1.38. The standard InChI is InChI=1S/C9H11BO3/c1-6-7-4-5-13-9(7)3-2-8(6)10(11)12/h2-3,11-12H,4-5H2,1H3. The van der Waals surface area contributed by atoms with Gasteiger partial charge in [-0.25, -0.2) is 0 Å². The molecule has 2 rings (SSSR count). The Morgan fingerprint density at radius 3 is 2.85 bits per heavy atom. The number of rotatable bonds is 1. The van der Waals surface area contributed by atoms with Gasteiger partial charge in [-0.3, -0.25) is 0 Å². The van der Waals surface area contributed by atoms with E-state index in [1.165, 1.54) is 0 Å². The van der Waals surface area contributed by atoms with Crippen LogP contribution in [0.25, 0.3) is 0 Å². The first-order valence-electron chi connectivity index (χ1n) is 4.31. The average molecular weight is 178 g/mol. The maximum Gasteiger partial charge on any atom is 0.488 e. The molecule has 0 atom stereocenters. The van der Waals surface area contributed by atoms with Gasteiger partial charge < -0.3 is 14.8 Å². The van der Waals surface area contributed by atoms with Gasteiger partial charge in [0.1, 0.15) is 5.75 Å². The van der Waals surface area contributed by atoms with Crippen molar-refractivity contribution < 1.29 is 14.8 Å². The second-order valence-corrected chi connectivity index (χ2v) is 3.23. The van der Waals surface area contributed by atoms with E-state index in [-0.39, 0.29) is 0 Å². The molecule has 0 aromatic heterocycles. The van der Waals surface area contributed by atoms with Crippen molar-refractivity contribution in [2.75, 3.05) is 6.61 Å². The zero-order chi connectivity index (χ0) is 9.42. The maximum atomic E-state index is 9.05. The van der Waals surface area contributed by atoms with E-state index in [2.05, 4.69) is 0 Å². The van der Waals surface area contributed by atoms with Gasteiger partial charge in [-0.2, -0.15) is 0 Å². The predicted molar refractivity (Wildman–Crippen MR) is 50.2 cm³/mol. The summed E-state index contributed by atoms with van der Waals surface area (Å²) in [6, 6.07) is 3.49. The van der Waals surface area contributed by atoms with Crippen LogP contribution in [0.15, 0.2) is 12.1 Å². The number of ether oxygens (including phenoxy) is 1. The fourth-order valence-electron chi connectivity index (χ4n) is 1.74. The molecular formula is C9H11BO3. The van der Waals surface area contributed by atoms with Crippen LogP contribution in [0.5, 0.6) is 5.75 Å². The lowest BCUT2D eigenvalue weighted by Crippen LogP contribution is -2.32. The summed E-state index contributed by atoms with van der Waals surface area (Å²) in [4.78, 5) is 0. The molecule has 0 spiro atoms. The van der Waals surface area contributed by atoms with Crippen molar-refractivity contribution in [3.05, 3.63) is 23.3 Å². The van der Waals surface area contributed by atoms with Gasteiger partial charge in [0.05, 0.1) is 6.61 Å². The van der Waals surface area contributed by atoms with Crippen LogP contribution in [0.2, 0.25) is 0 Å². The van der Waals surface area contributed by atoms with E-state index in [1.54, 1.807) is 12.1 Å². The van der Waals surface area contributed by atoms with Crippen molar-refractivity contribution in [1.82, 2.24) is 0 Å². The van der Waals surface area contributed by atoms with E-state index < -0.39 is 7.12 Å². The second-order valence-electron chi connectivity index (χ2n) is 3.23. The Balaban J connectivity index is 2.52. The Labute approximate surface area is 77.1 Å². The van der Waals surface area contributed by atoms with Gasteiger partial charge in [0.2, 0.25) is 0 Å². The minimum atomic E-state index is -1.38. The quantitative estimate of drug-likeness (QED) is 0.575. The molecule has 13 heavy (non-hydrogen) atoms. The van der Waals surface area contributed by atoms with Crippen molar-refractivity contribution in [3.8, 4) is 5.75 Å². The summed E-state index contributed by atoms with van der Waals surface area (Å²) in [5.41, 5.74) is 2.61. The molecule has 0 radical (unpaired) electrons. The minimum absolute atomic E-state index is 0.573. The Morgan fingerprint density at radius 2 is 2.15 bits per heavy atom. The van der Waals surface area contributed by atoms with Crippen LogP contribution in [0.1, 0.15) is 11.1 Å². The Morgan fingerprint density at radius 1 is 1.38 bits per heavy atom. The summed E-state index contributed by atoms with van der Waals surface area (Å²) in [5.74, 6) is 0.877. The number of fused-ring (bicyclic) bond motifs is 1. The monoisotopic (exact) mass is 178 g/mol. The smallest absolute Gasteiger partial charge is 0.488 e. The van der Waals surface area contributed by atoms with E-state index >= 15 is 0 Å². The maximum absolute atomic E-state index is 9.05. The normalized spacial score (nSPS) is 13.8. The first-order chi connectivity index (χ1) is 6.20. The molecule has 2 N–H and O–H groups in total. The van der Waals surface area contributed by atoms with Gasteiger partial charge in [-0.05, 0) is 24.0 Å². The van der Waals surface area contributed by atoms with E-state index in [9.17, 15) is 0 Å². The third kappa shape index (κ3) is 1.32. The molecule has 1 aliphatic rings. The summed E-state index contributed by atoms with van der Waals surface area (Å²) < 4.78 is 5.35. The van der Waals surface area contributed by atoms with E-state index in [4.69, 9.17) is 14.8 Å². The van der Waals surface area contributed by atoms with E-state index in [0.29, 0.717) is 12.1 Å². The van der Waals surface area contributed by atoms with Crippen molar-refractivity contribution >= 4 is 12.6 Å². The van der Waals surface area contributed by atoms with Crippen LogP contribution in [0.4, 0.5) is 0 Å². The van der Waals surface area contributed by atoms with Crippen molar-refractivity contribution in [2.24, 2.45) is 0 Å². The van der Waals surface area contributed by atoms with Crippen LogP contribution in [0.3, 0.4) is 0 Å². The van der Waals surface area contributed by atoms with E-state index in [1.807, 2.05) is 6.92 Å². The second kappa shape index (κ2) is 3.05. The van der Waals surface area contributed by atoms with Crippen LogP contribution in [0, 0.1) is 6.92 Å². The molecule has 0 aliphatic carbocycles. The summed E-state index contributed by atoms with van der Waals surface area (Å²) in [5, 5.41) is 18.1. The van der Waals surface area contributed by atoms with Crippen LogP contribution in [-0.2, 0) is 6.42 Å². The molecule has 0 unspecified atom stereocenters. The van der Waals surface area contributed by atoms with Gasteiger partial charge in [-0.1, -0.05) is 6.07 Å². The highest BCUT2D eigenvalue weighted by atomic mass is 16.5. The highest BCUT2D eigenvalue weighted by Gasteiger charge is 2.21. The molecule has 4 heteroatoms. The van der Waals surface area contributed by atoms with Crippen LogP contribution >= 0.6 is 0 Å². The fourth-order valence-corrected chi connectivity index (χ4v) is 1.74. The third-order valence-electron chi connectivity index (χ3n) is 2.49. The Kier molecular flexibility index (Phi) is 2.02. The molecule has 1 heterocycles. The van der Waals surface area contributed by atoms with Crippen molar-refractivity contribution in [2.45, 2.75) is 13.3 Å². The number of benzene rings is 1. The van der Waals surface area contributed by atoms with Crippen molar-refractivity contribution in [1.29, 1.82) is 0 Å². The predicted octanol–water partition coefficient (Wildman–Crippen LogP) is -0.390. The molecule has 0 amide bonds. The van der Waals surface area contributed by atoms with Gasteiger partial charge in [-0.15, -0.1) is 0 Å². The lowest BCUT2D eigenvalue weighted by molar-refractivity contribution is 0.357. The van der Waals surface area contributed by atoms with Crippen LogP contribution < -0.4 is 10.2 Å². The molecule has 0 saturated heterocycles. The Bertz CT molecular complexity index is 336. The zero-order valence-electron chi connectivity index (χ0n) is 7.45. The molecule has 0 fully saturated rings. The van der Waals surface area contributed by atoms with Crippen LogP contribution in [-0.4, -0.2) is 23.8 Å². The Hall–Kier alpha value is -0.995. The molecule has 1 aromatic carbocycles. The topological polar surface area (TPSA) is 49.7 Å². The van der Waals surface area contributed by atoms with E-state index in [0.717, 1.165) is 23.3 Å². The average Bonchev–Trinajstić information content (AvgIpc) is 2.52. The summed E-state index contributed by atoms with van der Waals surface area (Å²) in [6.07, 6.45) is 0.863. The lowest BCUT2D eigenvalue weighted by Gasteiger charge is -2.08. The lowest BCUT2D eigenvalue weighted by atomic mass is 9.76. The molecule has 0 saturated carbocycles. The molecular weight excluding hydrogens is 167 g/mol. The number of hydrogen-bond acceptors (Lipinski definition) is 3. The highest BCUT2D eigenvalue weighted by Crippen LogP contribution is 2.26. The van der Waals surface area contributed by atoms with Gasteiger partial charge >= 0.3 is 7.12 Å². The largest absolute Gasteiger partial charge is 0.493 e. The molecule has 3 nitrogen and oxygen atoms in total. The van der Waals surface area contributed by atoms with Gasteiger partial charge in [0.15, 0.2) is 0 Å². The first kappa shape index (κ1) is 8.60. The number of hydrogen-bond donors (Lipinski definition) is 2. The van der Waals surface area contributed by atoms with Crippen molar-refractivity contribution in [3.63, 3.8) is 0 Å². The van der Waals surface area contributed by atoms with Gasteiger partial charge in [0.25, 0.3) is 0 Å². The third-order valence-corrected chi connectivity index (χ3v) is 2.49. The highest BCUT2D eigenvalue weighted by molar-refractivity contribution is 6.59. The molecule has 1 aromatic rings. The first-order valence-corrected chi connectivity index (χ1v) is 4.31. The summed E-state index contributed by atoms with van der Waals surface area (Å²) >= 11 is 0. The molecule has 1 aliphatic heterocycles. The molecule has 68 valence electrons.